The Bertz CT molecular complexity index is 279. The highest BCUT2D eigenvalue weighted by atomic mass is 19.4. The molecule has 0 bridgehead atoms. The number of halogens is 3. The zero-order valence-corrected chi connectivity index (χ0v) is 10.6. The maximum Gasteiger partial charge on any atom is 0.405 e. The van der Waals surface area contributed by atoms with Crippen LogP contribution < -0.4 is 16.4 Å². The standard InChI is InChI=1S/C11H20F3N3O2/c12-11(13,14)7-17-10(18)16-5-6-19-9-3-1-8(15)2-4-9/h8-9H,1-7,15H2,(H2,16,17,18). The molecule has 0 spiro atoms. The van der Waals surface area contributed by atoms with E-state index in [-0.39, 0.29) is 18.7 Å². The number of rotatable bonds is 5. The van der Waals surface area contributed by atoms with E-state index in [1.807, 2.05) is 0 Å². The van der Waals surface area contributed by atoms with Crippen molar-refractivity contribution >= 4 is 6.03 Å². The lowest BCUT2D eigenvalue weighted by Crippen LogP contribution is -2.42. The molecule has 4 N–H and O–H groups in total. The molecule has 1 rings (SSSR count). The van der Waals surface area contributed by atoms with Crippen LogP contribution in [-0.2, 0) is 4.74 Å². The fourth-order valence-corrected chi connectivity index (χ4v) is 1.89. The molecule has 1 fully saturated rings. The first-order valence-corrected chi connectivity index (χ1v) is 6.32. The van der Waals surface area contributed by atoms with Crippen molar-refractivity contribution in [2.24, 2.45) is 5.73 Å². The second kappa shape index (κ2) is 7.54. The summed E-state index contributed by atoms with van der Waals surface area (Å²) in [5.41, 5.74) is 5.75. The molecule has 1 aliphatic carbocycles. The molecule has 0 aromatic heterocycles. The number of nitrogens with two attached hydrogens (primary N) is 1. The van der Waals surface area contributed by atoms with Gasteiger partial charge in [0.1, 0.15) is 6.54 Å². The summed E-state index contributed by atoms with van der Waals surface area (Å²) in [7, 11) is 0. The quantitative estimate of drug-likeness (QED) is 0.662. The van der Waals surface area contributed by atoms with E-state index in [0.717, 1.165) is 25.7 Å². The number of hydrogen-bond donors (Lipinski definition) is 3. The van der Waals surface area contributed by atoms with Gasteiger partial charge in [-0.15, -0.1) is 0 Å². The van der Waals surface area contributed by atoms with Crippen LogP contribution in [0.3, 0.4) is 0 Å². The van der Waals surface area contributed by atoms with Crippen LogP contribution in [0.5, 0.6) is 0 Å². The minimum absolute atomic E-state index is 0.139. The normalized spacial score (nSPS) is 24.0. The van der Waals surface area contributed by atoms with Crippen molar-refractivity contribution in [1.82, 2.24) is 10.6 Å². The van der Waals surface area contributed by atoms with Crippen molar-refractivity contribution in [3.8, 4) is 0 Å². The molecule has 19 heavy (non-hydrogen) atoms. The summed E-state index contributed by atoms with van der Waals surface area (Å²) < 4.78 is 40.9. The van der Waals surface area contributed by atoms with E-state index in [0.29, 0.717) is 6.61 Å². The Labute approximate surface area is 110 Å². The molecule has 8 heteroatoms. The molecular formula is C11H20F3N3O2. The maximum atomic E-state index is 11.8. The average molecular weight is 283 g/mol. The number of carbonyl (C=O) groups excluding carboxylic acids is 1. The third-order valence-electron chi connectivity index (χ3n) is 2.91. The van der Waals surface area contributed by atoms with Crippen LogP contribution in [0.1, 0.15) is 25.7 Å². The highest BCUT2D eigenvalue weighted by Gasteiger charge is 2.27. The maximum absolute atomic E-state index is 11.8. The van der Waals surface area contributed by atoms with Crippen LogP contribution in [0, 0.1) is 0 Å². The molecule has 2 amide bonds. The molecule has 0 atom stereocenters. The first-order valence-electron chi connectivity index (χ1n) is 6.32. The summed E-state index contributed by atoms with van der Waals surface area (Å²) in [6, 6.07) is -0.599. The van der Waals surface area contributed by atoms with Crippen molar-refractivity contribution in [2.75, 3.05) is 19.7 Å². The van der Waals surface area contributed by atoms with Crippen LogP contribution in [-0.4, -0.2) is 44.0 Å². The fraction of sp³-hybridized carbons (Fsp3) is 0.909. The molecule has 0 unspecified atom stereocenters. The molecule has 0 radical (unpaired) electrons. The number of nitrogens with one attached hydrogen (secondary N) is 2. The van der Waals surface area contributed by atoms with Gasteiger partial charge in [0.05, 0.1) is 12.7 Å². The first kappa shape index (κ1) is 16.0. The van der Waals surface area contributed by atoms with Gasteiger partial charge in [-0.3, -0.25) is 0 Å². The molecular weight excluding hydrogens is 263 g/mol. The van der Waals surface area contributed by atoms with Gasteiger partial charge in [0.2, 0.25) is 0 Å². The second-order valence-corrected chi connectivity index (χ2v) is 4.63. The molecule has 0 heterocycles. The van der Waals surface area contributed by atoms with Gasteiger partial charge < -0.3 is 21.1 Å². The molecule has 1 aliphatic rings. The SMILES string of the molecule is NC1CCC(OCCNC(=O)NCC(F)(F)F)CC1. The van der Waals surface area contributed by atoms with Crippen LogP contribution in [0.2, 0.25) is 0 Å². The third-order valence-corrected chi connectivity index (χ3v) is 2.91. The molecule has 0 aromatic rings. The molecule has 1 saturated carbocycles. The van der Waals surface area contributed by atoms with Gasteiger partial charge in [-0.1, -0.05) is 0 Å². The Morgan fingerprint density at radius 3 is 2.42 bits per heavy atom. The van der Waals surface area contributed by atoms with Gasteiger partial charge in [0.25, 0.3) is 0 Å². The van der Waals surface area contributed by atoms with Crippen molar-refractivity contribution in [3.05, 3.63) is 0 Å². The van der Waals surface area contributed by atoms with Gasteiger partial charge in [-0.25, -0.2) is 4.79 Å². The zero-order chi connectivity index (χ0) is 14.3. The van der Waals surface area contributed by atoms with Crippen LogP contribution in [0.25, 0.3) is 0 Å². The number of urea groups is 1. The number of alkyl halides is 3. The topological polar surface area (TPSA) is 76.4 Å². The van der Waals surface area contributed by atoms with Crippen LogP contribution >= 0.6 is 0 Å². The number of ether oxygens (including phenoxy) is 1. The lowest BCUT2D eigenvalue weighted by molar-refractivity contribution is -0.122. The molecule has 0 aromatic carbocycles. The van der Waals surface area contributed by atoms with E-state index in [4.69, 9.17) is 10.5 Å². The number of carbonyl (C=O) groups is 1. The minimum atomic E-state index is -4.39. The predicted molar refractivity (Wildman–Crippen MR) is 63.6 cm³/mol. The van der Waals surface area contributed by atoms with Crippen molar-refractivity contribution < 1.29 is 22.7 Å². The first-order chi connectivity index (χ1) is 8.87. The Hall–Kier alpha value is -1.02. The summed E-state index contributed by atoms with van der Waals surface area (Å²) in [5.74, 6) is 0. The monoisotopic (exact) mass is 283 g/mol. The lowest BCUT2D eigenvalue weighted by atomic mass is 9.94. The Morgan fingerprint density at radius 1 is 1.21 bits per heavy atom. The Balaban J connectivity index is 2.00. The van der Waals surface area contributed by atoms with E-state index >= 15 is 0 Å². The largest absolute Gasteiger partial charge is 0.405 e. The van der Waals surface area contributed by atoms with Crippen molar-refractivity contribution in [3.63, 3.8) is 0 Å². The van der Waals surface area contributed by atoms with Crippen molar-refractivity contribution in [1.29, 1.82) is 0 Å². The summed E-state index contributed by atoms with van der Waals surface area (Å²) in [6.45, 7) is -0.855. The van der Waals surface area contributed by atoms with E-state index in [9.17, 15) is 18.0 Å². The minimum Gasteiger partial charge on any atom is -0.376 e. The Morgan fingerprint density at radius 2 is 1.84 bits per heavy atom. The van der Waals surface area contributed by atoms with Gasteiger partial charge in [-0.05, 0) is 25.7 Å². The zero-order valence-electron chi connectivity index (χ0n) is 10.6. The number of hydrogen-bond acceptors (Lipinski definition) is 3. The van der Waals surface area contributed by atoms with Crippen LogP contribution in [0.15, 0.2) is 0 Å². The van der Waals surface area contributed by atoms with Crippen LogP contribution in [0.4, 0.5) is 18.0 Å². The summed E-state index contributed by atoms with van der Waals surface area (Å²) in [4.78, 5) is 11.0. The highest BCUT2D eigenvalue weighted by molar-refractivity contribution is 5.73. The average Bonchev–Trinajstić information content (AvgIpc) is 2.33. The van der Waals surface area contributed by atoms with Gasteiger partial charge in [0, 0.05) is 12.6 Å². The Kier molecular flexibility index (Phi) is 6.36. The van der Waals surface area contributed by atoms with E-state index in [1.165, 1.54) is 0 Å². The molecule has 112 valence electrons. The van der Waals surface area contributed by atoms with Gasteiger partial charge in [0.15, 0.2) is 0 Å². The summed E-state index contributed by atoms with van der Waals surface area (Å²) in [6.07, 6.45) is -0.633. The van der Waals surface area contributed by atoms with E-state index < -0.39 is 18.8 Å². The fourth-order valence-electron chi connectivity index (χ4n) is 1.89. The van der Waals surface area contributed by atoms with Crippen molar-refractivity contribution in [2.45, 2.75) is 44.0 Å². The van der Waals surface area contributed by atoms with E-state index in [2.05, 4.69) is 5.32 Å². The highest BCUT2D eigenvalue weighted by Crippen LogP contribution is 2.19. The molecule has 0 aliphatic heterocycles. The van der Waals surface area contributed by atoms with Gasteiger partial charge >= 0.3 is 12.2 Å². The summed E-state index contributed by atoms with van der Waals surface area (Å²) in [5, 5.41) is 4.02. The van der Waals surface area contributed by atoms with E-state index in [1.54, 1.807) is 5.32 Å². The smallest absolute Gasteiger partial charge is 0.376 e. The second-order valence-electron chi connectivity index (χ2n) is 4.63. The third kappa shape index (κ3) is 7.89. The number of amides is 2. The molecule has 5 nitrogen and oxygen atoms in total. The predicted octanol–water partition coefficient (Wildman–Crippen LogP) is 1.13. The van der Waals surface area contributed by atoms with Gasteiger partial charge in [-0.2, -0.15) is 13.2 Å². The molecule has 0 saturated heterocycles. The summed E-state index contributed by atoms with van der Waals surface area (Å²) >= 11 is 0. The lowest BCUT2D eigenvalue weighted by Gasteiger charge is -2.26.